The molecular weight excluding hydrogens is 660 g/mol. The van der Waals surface area contributed by atoms with Crippen molar-refractivity contribution in [1.29, 1.82) is 0 Å². The molecule has 0 N–H and O–H groups in total. The maximum Gasteiger partial charge on any atom is 0.261 e. The Morgan fingerprint density at radius 3 is 1.26 bits per heavy atom. The first-order valence-electron chi connectivity index (χ1n) is 14.6. The van der Waals surface area contributed by atoms with E-state index in [9.17, 15) is 19.2 Å². The van der Waals surface area contributed by atoms with Crippen LogP contribution in [-0.2, 0) is 0 Å². The van der Waals surface area contributed by atoms with Gasteiger partial charge in [0.1, 0.15) is 0 Å². The third-order valence-electron chi connectivity index (χ3n) is 8.88. The Balaban J connectivity index is 1.54. The second kappa shape index (κ2) is 10.1. The SMILES string of the molecule is CCCCCN1C(=O)c2ccc3c4c(Br)cc5c6c(ccc(c7c(Br)cc(c2c37)C1=O)c64)C(=O)N(CCCCC)C5=O. The molecule has 2 aliphatic heterocycles. The van der Waals surface area contributed by atoms with Crippen molar-refractivity contribution in [2.45, 2.75) is 52.4 Å². The van der Waals surface area contributed by atoms with Gasteiger partial charge in [-0.25, -0.2) is 0 Å². The van der Waals surface area contributed by atoms with Gasteiger partial charge in [-0.05, 0) is 47.9 Å². The van der Waals surface area contributed by atoms with E-state index in [0.29, 0.717) is 46.1 Å². The number of benzene rings is 5. The minimum Gasteiger partial charge on any atom is -0.274 e. The molecule has 6 nitrogen and oxygen atoms in total. The summed E-state index contributed by atoms with van der Waals surface area (Å²) in [6, 6.07) is 11.2. The van der Waals surface area contributed by atoms with Crippen LogP contribution < -0.4 is 0 Å². The van der Waals surface area contributed by atoms with Crippen LogP contribution in [0.4, 0.5) is 0 Å². The zero-order chi connectivity index (χ0) is 29.4. The van der Waals surface area contributed by atoms with E-state index in [1.165, 1.54) is 9.80 Å². The van der Waals surface area contributed by atoms with Gasteiger partial charge in [-0.3, -0.25) is 29.0 Å². The fourth-order valence-corrected chi connectivity index (χ4v) is 8.20. The summed E-state index contributed by atoms with van der Waals surface area (Å²) in [6.07, 6.45) is 5.42. The highest BCUT2D eigenvalue weighted by Crippen LogP contribution is 2.50. The predicted molar refractivity (Wildman–Crippen MR) is 173 cm³/mol. The van der Waals surface area contributed by atoms with Crippen molar-refractivity contribution in [2.24, 2.45) is 0 Å². The first-order chi connectivity index (χ1) is 20.3. The highest BCUT2D eigenvalue weighted by atomic mass is 79.9. The highest BCUT2D eigenvalue weighted by molar-refractivity contribution is 9.11. The summed E-state index contributed by atoms with van der Waals surface area (Å²) in [5.74, 6) is -1.08. The van der Waals surface area contributed by atoms with Crippen molar-refractivity contribution in [1.82, 2.24) is 9.80 Å². The molecule has 0 saturated heterocycles. The van der Waals surface area contributed by atoms with E-state index in [4.69, 9.17) is 0 Å². The molecule has 212 valence electrons. The van der Waals surface area contributed by atoms with E-state index >= 15 is 0 Å². The van der Waals surface area contributed by atoms with Gasteiger partial charge in [-0.1, -0.05) is 83.5 Å². The second-order valence-corrected chi connectivity index (χ2v) is 13.0. The first kappa shape index (κ1) is 27.5. The summed E-state index contributed by atoms with van der Waals surface area (Å²) in [5, 5.41) is 6.42. The molecule has 0 spiro atoms. The van der Waals surface area contributed by atoms with Gasteiger partial charge in [-0.2, -0.15) is 0 Å². The van der Waals surface area contributed by atoms with Crippen molar-refractivity contribution in [3.05, 3.63) is 67.6 Å². The fourth-order valence-electron chi connectivity index (χ4n) is 6.91. The van der Waals surface area contributed by atoms with Gasteiger partial charge in [0.2, 0.25) is 0 Å². The number of rotatable bonds is 8. The normalized spacial score (nSPS) is 15.0. The van der Waals surface area contributed by atoms with E-state index in [1.54, 1.807) is 0 Å². The van der Waals surface area contributed by atoms with Gasteiger partial charge in [-0.15, -0.1) is 0 Å². The summed E-state index contributed by atoms with van der Waals surface area (Å²) in [5.41, 5.74) is 2.05. The number of nitrogens with zero attached hydrogens (tertiary/aromatic N) is 2. The summed E-state index contributed by atoms with van der Waals surface area (Å²) < 4.78 is 1.47. The zero-order valence-corrected chi connectivity index (χ0v) is 26.6. The van der Waals surface area contributed by atoms with Gasteiger partial charge in [0, 0.05) is 76.6 Å². The predicted octanol–water partition coefficient (Wildman–Crippen LogP) is 8.83. The number of hydrogen-bond donors (Lipinski definition) is 0. The molecule has 5 aromatic carbocycles. The molecule has 0 atom stereocenters. The van der Waals surface area contributed by atoms with Crippen LogP contribution in [0.15, 0.2) is 45.3 Å². The van der Waals surface area contributed by atoms with Crippen LogP contribution in [0.25, 0.3) is 43.1 Å². The molecule has 0 aliphatic carbocycles. The molecule has 2 aliphatic rings. The lowest BCUT2D eigenvalue weighted by molar-refractivity contribution is 0.0592. The maximum absolute atomic E-state index is 13.7. The van der Waals surface area contributed by atoms with Gasteiger partial charge in [0.15, 0.2) is 0 Å². The molecule has 7 rings (SSSR count). The summed E-state index contributed by atoms with van der Waals surface area (Å²) in [6.45, 7) is 4.97. The van der Waals surface area contributed by atoms with Crippen molar-refractivity contribution in [3.63, 3.8) is 0 Å². The number of unbranched alkanes of at least 4 members (excludes halogenated alkanes) is 4. The van der Waals surface area contributed by atoms with E-state index in [1.807, 2.05) is 36.4 Å². The Kier molecular flexibility index (Phi) is 6.62. The molecular formula is C34H28Br2N2O4. The summed E-state index contributed by atoms with van der Waals surface area (Å²) in [4.78, 5) is 57.5. The molecule has 0 aromatic heterocycles. The van der Waals surface area contributed by atoms with Crippen molar-refractivity contribution in [2.75, 3.05) is 13.1 Å². The molecule has 5 aromatic rings. The molecule has 0 fully saturated rings. The van der Waals surface area contributed by atoms with Gasteiger partial charge >= 0.3 is 0 Å². The fraction of sp³-hybridized carbons (Fsp3) is 0.294. The average molecular weight is 688 g/mol. The number of amides is 4. The monoisotopic (exact) mass is 686 g/mol. The number of fused-ring (bicyclic) bond motifs is 2. The van der Waals surface area contributed by atoms with E-state index in [-0.39, 0.29) is 23.6 Å². The molecule has 42 heavy (non-hydrogen) atoms. The van der Waals surface area contributed by atoms with Gasteiger partial charge < -0.3 is 0 Å². The molecule has 2 heterocycles. The lowest BCUT2D eigenvalue weighted by Gasteiger charge is -2.31. The summed E-state index contributed by atoms with van der Waals surface area (Å²) >= 11 is 7.55. The van der Waals surface area contributed by atoms with Crippen LogP contribution in [0.1, 0.15) is 93.8 Å². The van der Waals surface area contributed by atoms with E-state index < -0.39 is 0 Å². The lowest BCUT2D eigenvalue weighted by Crippen LogP contribution is -2.41. The Labute approximate surface area is 259 Å². The molecule has 0 saturated carbocycles. The first-order valence-corrected chi connectivity index (χ1v) is 16.2. The Hall–Kier alpha value is -3.36. The number of hydrogen-bond acceptors (Lipinski definition) is 4. The molecule has 4 amide bonds. The largest absolute Gasteiger partial charge is 0.274 e. The van der Waals surface area contributed by atoms with Crippen LogP contribution in [0.5, 0.6) is 0 Å². The molecule has 0 bridgehead atoms. The molecule has 0 unspecified atom stereocenters. The maximum atomic E-state index is 13.7. The van der Waals surface area contributed by atoms with Crippen LogP contribution in [-0.4, -0.2) is 46.5 Å². The smallest absolute Gasteiger partial charge is 0.261 e. The number of imide groups is 2. The van der Waals surface area contributed by atoms with Crippen LogP contribution >= 0.6 is 31.9 Å². The molecule has 8 heteroatoms. The Bertz CT molecular complexity index is 1890. The lowest BCUT2D eigenvalue weighted by atomic mass is 9.82. The molecule has 0 radical (unpaired) electrons. The standard InChI is InChI=1S/C34H28Br2N2O4/c1-3-5-7-13-37-31(39)19-11-9-17-28-24(36)16-22-26-20(32(40)38(34(22)42)14-8-6-4-2)12-10-18(30(26)28)27-23(35)15-21(33(37)41)25(19)29(17)27/h9-12,15-16H,3-8,13-14H2,1-2H3. The van der Waals surface area contributed by atoms with E-state index in [2.05, 4.69) is 45.7 Å². The van der Waals surface area contributed by atoms with Crippen molar-refractivity contribution in [3.8, 4) is 0 Å². The van der Waals surface area contributed by atoms with Crippen LogP contribution in [0.2, 0.25) is 0 Å². The number of halogens is 2. The minimum absolute atomic E-state index is 0.266. The quantitative estimate of drug-likeness (QED) is 0.0707. The zero-order valence-electron chi connectivity index (χ0n) is 23.4. The third kappa shape index (κ3) is 3.67. The minimum atomic E-state index is -0.275. The second-order valence-electron chi connectivity index (χ2n) is 11.3. The number of carbonyl (C=O) groups is 4. The Morgan fingerprint density at radius 2 is 0.881 bits per heavy atom. The van der Waals surface area contributed by atoms with E-state index in [0.717, 1.165) is 79.8 Å². The third-order valence-corrected chi connectivity index (χ3v) is 10.1. The van der Waals surface area contributed by atoms with Crippen LogP contribution in [0.3, 0.4) is 0 Å². The van der Waals surface area contributed by atoms with Crippen LogP contribution in [0, 0.1) is 0 Å². The topological polar surface area (TPSA) is 74.8 Å². The average Bonchev–Trinajstić information content (AvgIpc) is 2.98. The Morgan fingerprint density at radius 1 is 0.500 bits per heavy atom. The van der Waals surface area contributed by atoms with Crippen molar-refractivity contribution >= 4 is 98.6 Å². The van der Waals surface area contributed by atoms with Gasteiger partial charge in [0.05, 0.1) is 0 Å². The number of carbonyl (C=O) groups excluding carboxylic acids is 4. The van der Waals surface area contributed by atoms with Gasteiger partial charge in [0.25, 0.3) is 23.6 Å². The highest BCUT2D eigenvalue weighted by Gasteiger charge is 2.37. The summed E-state index contributed by atoms with van der Waals surface area (Å²) in [7, 11) is 0. The van der Waals surface area contributed by atoms with Crippen molar-refractivity contribution < 1.29 is 19.2 Å².